The summed E-state index contributed by atoms with van der Waals surface area (Å²) in [5, 5.41) is 0. The molecule has 0 bridgehead atoms. The Labute approximate surface area is 121 Å². The lowest BCUT2D eigenvalue weighted by atomic mass is 10.1. The van der Waals surface area contributed by atoms with Gasteiger partial charge in [-0.1, -0.05) is 28.1 Å². The zero-order chi connectivity index (χ0) is 14.3. The van der Waals surface area contributed by atoms with Crippen LogP contribution in [0.3, 0.4) is 0 Å². The third-order valence-corrected chi connectivity index (χ3v) is 7.37. The van der Waals surface area contributed by atoms with Crippen molar-refractivity contribution in [2.75, 3.05) is 6.26 Å². The molecule has 0 aliphatic carbocycles. The number of halogens is 1. The minimum Gasteiger partial charge on any atom is -0.441 e. The molecule has 1 atom stereocenters. The molecule has 0 spiro atoms. The molecule has 0 aliphatic heterocycles. The van der Waals surface area contributed by atoms with Crippen LogP contribution in [-0.4, -0.2) is 29.2 Å². The minimum atomic E-state index is -3.17. The van der Waals surface area contributed by atoms with Crippen LogP contribution in [0.5, 0.6) is 0 Å². The van der Waals surface area contributed by atoms with Gasteiger partial charge < -0.3 is 4.42 Å². The molecule has 0 aliphatic rings. The second-order valence-electron chi connectivity index (χ2n) is 5.12. The Bertz CT molecular complexity index is 658. The van der Waals surface area contributed by atoms with Crippen molar-refractivity contribution in [3.05, 3.63) is 30.2 Å². The quantitative estimate of drug-likeness (QED) is 0.799. The Kier molecular flexibility index (Phi) is 3.75. The monoisotopic (exact) mass is 345 g/mol. The average Bonchev–Trinajstić information content (AvgIpc) is 2.69. The molecule has 0 N–H and O–H groups in total. The first-order valence-corrected chi connectivity index (χ1v) is 8.70. The lowest BCUT2D eigenvalue weighted by Crippen LogP contribution is -2.41. The van der Waals surface area contributed by atoms with Gasteiger partial charge in [0.25, 0.3) is 0 Å². The first-order chi connectivity index (χ1) is 8.72. The standard InChI is InChI=1S/C13H16BrNO3S/c1-13(2,19(3,16)17)11(14)8-12-15-9-6-4-5-7-10(9)18-12/h4-7,11H,8H2,1-3H3. The van der Waals surface area contributed by atoms with Crippen LogP contribution in [0.1, 0.15) is 19.7 Å². The van der Waals surface area contributed by atoms with Crippen LogP contribution in [0.25, 0.3) is 11.1 Å². The van der Waals surface area contributed by atoms with E-state index >= 15 is 0 Å². The van der Waals surface area contributed by atoms with Crippen molar-refractivity contribution >= 4 is 36.9 Å². The van der Waals surface area contributed by atoms with Gasteiger partial charge in [0.15, 0.2) is 21.3 Å². The summed E-state index contributed by atoms with van der Waals surface area (Å²) in [5.74, 6) is 0.541. The van der Waals surface area contributed by atoms with Crippen molar-refractivity contribution < 1.29 is 12.8 Å². The van der Waals surface area contributed by atoms with Crippen LogP contribution in [0.4, 0.5) is 0 Å². The van der Waals surface area contributed by atoms with Crippen LogP contribution in [0.2, 0.25) is 0 Å². The van der Waals surface area contributed by atoms with E-state index in [0.29, 0.717) is 12.3 Å². The number of oxazole rings is 1. The smallest absolute Gasteiger partial charge is 0.196 e. The molecule has 1 heterocycles. The molecule has 0 radical (unpaired) electrons. The Morgan fingerprint density at radius 3 is 2.58 bits per heavy atom. The Balaban J connectivity index is 2.26. The largest absolute Gasteiger partial charge is 0.441 e. The second-order valence-corrected chi connectivity index (χ2v) is 8.82. The summed E-state index contributed by atoms with van der Waals surface area (Å²) in [7, 11) is -3.17. The Morgan fingerprint density at radius 1 is 1.37 bits per heavy atom. The number of rotatable bonds is 4. The third kappa shape index (κ3) is 2.84. The topological polar surface area (TPSA) is 60.2 Å². The first-order valence-electron chi connectivity index (χ1n) is 5.90. The van der Waals surface area contributed by atoms with Crippen LogP contribution in [0, 0.1) is 0 Å². The van der Waals surface area contributed by atoms with Gasteiger partial charge in [0.1, 0.15) is 5.52 Å². The summed E-state index contributed by atoms with van der Waals surface area (Å²) in [5.41, 5.74) is 1.50. The fourth-order valence-electron chi connectivity index (χ4n) is 1.64. The summed E-state index contributed by atoms with van der Waals surface area (Å²) < 4.78 is 28.3. The molecule has 0 amide bonds. The molecular formula is C13H16BrNO3S. The molecule has 1 aromatic heterocycles. The van der Waals surface area contributed by atoms with Gasteiger partial charge in [-0.05, 0) is 26.0 Å². The summed E-state index contributed by atoms with van der Waals surface area (Å²) in [6.07, 6.45) is 1.67. The van der Waals surface area contributed by atoms with Crippen molar-refractivity contribution in [3.63, 3.8) is 0 Å². The van der Waals surface area contributed by atoms with Gasteiger partial charge in [-0.3, -0.25) is 0 Å². The number of nitrogens with zero attached hydrogens (tertiary/aromatic N) is 1. The van der Waals surface area contributed by atoms with Crippen molar-refractivity contribution in [1.29, 1.82) is 0 Å². The van der Waals surface area contributed by atoms with E-state index < -0.39 is 14.6 Å². The molecule has 1 aromatic carbocycles. The predicted octanol–water partition coefficient (Wildman–Crippen LogP) is 2.96. The number of fused-ring (bicyclic) bond motifs is 1. The number of aromatic nitrogens is 1. The van der Waals surface area contributed by atoms with Gasteiger partial charge in [-0.2, -0.15) is 0 Å². The van der Waals surface area contributed by atoms with Gasteiger partial charge in [-0.25, -0.2) is 13.4 Å². The van der Waals surface area contributed by atoms with Gasteiger partial charge in [0.2, 0.25) is 0 Å². The maximum atomic E-state index is 11.8. The normalized spacial score (nSPS) is 14.7. The maximum Gasteiger partial charge on any atom is 0.196 e. The predicted molar refractivity (Wildman–Crippen MR) is 79.4 cm³/mol. The van der Waals surface area contributed by atoms with E-state index in [0.717, 1.165) is 11.1 Å². The number of benzene rings is 1. The van der Waals surface area contributed by atoms with Crippen molar-refractivity contribution in [1.82, 2.24) is 4.98 Å². The third-order valence-electron chi connectivity index (χ3n) is 3.40. The van der Waals surface area contributed by atoms with E-state index in [9.17, 15) is 8.42 Å². The summed E-state index contributed by atoms with van der Waals surface area (Å²) >= 11 is 3.45. The highest BCUT2D eigenvalue weighted by atomic mass is 79.9. The summed E-state index contributed by atoms with van der Waals surface area (Å²) in [6, 6.07) is 7.48. The highest BCUT2D eigenvalue weighted by Gasteiger charge is 2.38. The minimum absolute atomic E-state index is 0.261. The zero-order valence-corrected chi connectivity index (χ0v) is 13.5. The lowest BCUT2D eigenvalue weighted by Gasteiger charge is -2.27. The molecule has 4 nitrogen and oxygen atoms in total. The number of alkyl halides is 1. The highest BCUT2D eigenvalue weighted by Crippen LogP contribution is 2.29. The first kappa shape index (κ1) is 14.5. The van der Waals surface area contributed by atoms with E-state index in [1.54, 1.807) is 13.8 Å². The molecule has 0 saturated heterocycles. The molecule has 2 rings (SSSR count). The highest BCUT2D eigenvalue weighted by molar-refractivity contribution is 9.09. The van der Waals surface area contributed by atoms with E-state index in [2.05, 4.69) is 20.9 Å². The van der Waals surface area contributed by atoms with E-state index in [-0.39, 0.29) is 4.83 Å². The van der Waals surface area contributed by atoms with Gasteiger partial charge in [-0.15, -0.1) is 0 Å². The van der Waals surface area contributed by atoms with E-state index in [1.165, 1.54) is 6.26 Å². The summed E-state index contributed by atoms with van der Waals surface area (Å²) in [4.78, 5) is 4.10. The van der Waals surface area contributed by atoms with Crippen LogP contribution in [-0.2, 0) is 16.3 Å². The fraction of sp³-hybridized carbons (Fsp3) is 0.462. The van der Waals surface area contributed by atoms with Crippen molar-refractivity contribution in [2.45, 2.75) is 29.8 Å². The van der Waals surface area contributed by atoms with Gasteiger partial charge >= 0.3 is 0 Å². The molecule has 2 aromatic rings. The van der Waals surface area contributed by atoms with Crippen LogP contribution in [0.15, 0.2) is 28.7 Å². The van der Waals surface area contributed by atoms with E-state index in [1.807, 2.05) is 24.3 Å². The van der Waals surface area contributed by atoms with Crippen LogP contribution < -0.4 is 0 Å². The molecule has 19 heavy (non-hydrogen) atoms. The Hall–Kier alpha value is -0.880. The summed E-state index contributed by atoms with van der Waals surface area (Å²) in [6.45, 7) is 3.40. The zero-order valence-electron chi connectivity index (χ0n) is 11.1. The number of hydrogen-bond acceptors (Lipinski definition) is 4. The van der Waals surface area contributed by atoms with Crippen molar-refractivity contribution in [2.24, 2.45) is 0 Å². The SMILES string of the molecule is CC(C)(C(Br)Cc1nc2ccccc2o1)S(C)(=O)=O. The van der Waals surface area contributed by atoms with E-state index in [4.69, 9.17) is 4.42 Å². The second kappa shape index (κ2) is 4.90. The molecule has 0 saturated carbocycles. The molecule has 1 unspecified atom stereocenters. The van der Waals surface area contributed by atoms with Gasteiger partial charge in [0, 0.05) is 17.5 Å². The number of sulfone groups is 1. The lowest BCUT2D eigenvalue weighted by molar-refractivity contribution is 0.492. The van der Waals surface area contributed by atoms with Gasteiger partial charge in [0.05, 0.1) is 4.75 Å². The maximum absolute atomic E-state index is 11.8. The molecule has 6 heteroatoms. The average molecular weight is 346 g/mol. The molecule has 0 fully saturated rings. The molecular weight excluding hydrogens is 330 g/mol. The Morgan fingerprint density at radius 2 is 2.00 bits per heavy atom. The molecule has 104 valence electrons. The van der Waals surface area contributed by atoms with Crippen molar-refractivity contribution in [3.8, 4) is 0 Å². The number of hydrogen-bond donors (Lipinski definition) is 0. The number of para-hydroxylation sites is 2. The fourth-order valence-corrected chi connectivity index (χ4v) is 3.48. The van der Waals surface area contributed by atoms with Crippen LogP contribution >= 0.6 is 15.9 Å².